The first-order chi connectivity index (χ1) is 15.4. The molecule has 1 aliphatic heterocycles. The van der Waals surface area contributed by atoms with Crippen LogP contribution in [-0.4, -0.2) is 44.9 Å². The molecule has 1 aliphatic rings. The van der Waals surface area contributed by atoms with Gasteiger partial charge in [0.05, 0.1) is 18.1 Å². The highest BCUT2D eigenvalue weighted by molar-refractivity contribution is 7.89. The van der Waals surface area contributed by atoms with E-state index in [9.17, 15) is 17.6 Å². The van der Waals surface area contributed by atoms with Crippen LogP contribution in [0.5, 0.6) is 5.75 Å². The van der Waals surface area contributed by atoms with Gasteiger partial charge in [0.1, 0.15) is 23.9 Å². The lowest BCUT2D eigenvalue weighted by Gasteiger charge is -2.26. The number of furan rings is 1. The van der Waals surface area contributed by atoms with Gasteiger partial charge in [-0.3, -0.25) is 4.79 Å². The zero-order valence-corrected chi connectivity index (χ0v) is 17.8. The third kappa shape index (κ3) is 5.16. The van der Waals surface area contributed by atoms with Crippen LogP contribution in [0.15, 0.2) is 70.0 Å². The summed E-state index contributed by atoms with van der Waals surface area (Å²) in [5, 5.41) is 2.67. The molecule has 4 rings (SSSR count). The minimum Gasteiger partial charge on any atom is -0.486 e. The Morgan fingerprint density at radius 1 is 1.00 bits per heavy atom. The van der Waals surface area contributed by atoms with Crippen molar-refractivity contribution in [3.05, 3.63) is 78.0 Å². The van der Waals surface area contributed by atoms with Crippen LogP contribution in [0.3, 0.4) is 0 Å². The van der Waals surface area contributed by atoms with Crippen LogP contribution in [0.4, 0.5) is 10.1 Å². The predicted molar refractivity (Wildman–Crippen MR) is 113 cm³/mol. The molecule has 0 saturated carbocycles. The van der Waals surface area contributed by atoms with Crippen molar-refractivity contribution < 1.29 is 31.5 Å². The minimum absolute atomic E-state index is 0.0764. The predicted octanol–water partition coefficient (Wildman–Crippen LogP) is 3.27. The summed E-state index contributed by atoms with van der Waals surface area (Å²) in [6, 6.07) is 14.6. The van der Waals surface area contributed by atoms with Crippen molar-refractivity contribution in [3.8, 4) is 5.75 Å². The molecule has 0 spiro atoms. The van der Waals surface area contributed by atoms with Gasteiger partial charge in [0.2, 0.25) is 10.0 Å². The molecule has 0 atom stereocenters. The zero-order valence-electron chi connectivity index (χ0n) is 17.0. The number of morpholine rings is 1. The van der Waals surface area contributed by atoms with Crippen LogP contribution in [-0.2, 0) is 21.4 Å². The van der Waals surface area contributed by atoms with E-state index in [4.69, 9.17) is 13.9 Å². The molecule has 1 amide bonds. The number of rotatable bonds is 7. The average molecular weight is 460 g/mol. The van der Waals surface area contributed by atoms with E-state index in [-0.39, 0.29) is 23.1 Å². The van der Waals surface area contributed by atoms with Gasteiger partial charge in [0.25, 0.3) is 5.91 Å². The molecule has 8 nitrogen and oxygen atoms in total. The molecule has 168 valence electrons. The molecule has 1 aromatic heterocycles. The Morgan fingerprint density at radius 2 is 1.69 bits per heavy atom. The number of carbonyl (C=O) groups excluding carboxylic acids is 1. The Bertz CT molecular complexity index is 1170. The number of sulfonamides is 1. The molecule has 32 heavy (non-hydrogen) atoms. The third-order valence-corrected chi connectivity index (χ3v) is 6.71. The topological polar surface area (TPSA) is 98.1 Å². The van der Waals surface area contributed by atoms with E-state index in [1.165, 1.54) is 58.9 Å². The van der Waals surface area contributed by atoms with E-state index in [2.05, 4.69) is 5.32 Å². The van der Waals surface area contributed by atoms with E-state index in [1.807, 2.05) is 0 Å². The first-order valence-electron chi connectivity index (χ1n) is 9.88. The molecule has 0 aliphatic carbocycles. The van der Waals surface area contributed by atoms with E-state index < -0.39 is 15.9 Å². The first-order valence-corrected chi connectivity index (χ1v) is 11.3. The normalized spacial score (nSPS) is 14.8. The number of halogens is 1. The molecule has 1 saturated heterocycles. The van der Waals surface area contributed by atoms with Gasteiger partial charge >= 0.3 is 0 Å². The Balaban J connectivity index is 1.35. The second kappa shape index (κ2) is 9.51. The fourth-order valence-corrected chi connectivity index (χ4v) is 4.51. The van der Waals surface area contributed by atoms with E-state index in [1.54, 1.807) is 6.07 Å². The van der Waals surface area contributed by atoms with E-state index in [0.717, 1.165) is 0 Å². The lowest BCUT2D eigenvalue weighted by molar-refractivity contribution is 0.0730. The molecule has 1 fully saturated rings. The molecule has 3 aromatic rings. The SMILES string of the molecule is O=C(Nc1ccc(S(=O)(=O)N2CCOCC2)cc1)c1ccc(COc2ccc(F)cc2)o1. The van der Waals surface area contributed by atoms with E-state index in [0.29, 0.717) is 43.5 Å². The first kappa shape index (κ1) is 22.0. The fraction of sp³-hybridized carbons (Fsp3) is 0.227. The number of benzene rings is 2. The lowest BCUT2D eigenvalue weighted by Crippen LogP contribution is -2.40. The molecule has 0 bridgehead atoms. The lowest BCUT2D eigenvalue weighted by atomic mass is 10.3. The second-order valence-corrected chi connectivity index (χ2v) is 8.94. The monoisotopic (exact) mass is 460 g/mol. The zero-order chi connectivity index (χ0) is 22.6. The number of ether oxygens (including phenoxy) is 2. The van der Waals surface area contributed by atoms with Crippen molar-refractivity contribution in [2.45, 2.75) is 11.5 Å². The van der Waals surface area contributed by atoms with Crippen molar-refractivity contribution in [2.24, 2.45) is 0 Å². The number of nitrogens with zero attached hydrogens (tertiary/aromatic N) is 1. The summed E-state index contributed by atoms with van der Waals surface area (Å²) in [6.45, 7) is 1.44. The highest BCUT2D eigenvalue weighted by atomic mass is 32.2. The number of hydrogen-bond donors (Lipinski definition) is 1. The Labute approximate surface area is 184 Å². The van der Waals surface area contributed by atoms with Crippen LogP contribution < -0.4 is 10.1 Å². The van der Waals surface area contributed by atoms with Crippen molar-refractivity contribution in [1.29, 1.82) is 0 Å². The number of hydrogen-bond acceptors (Lipinski definition) is 6. The highest BCUT2D eigenvalue weighted by Gasteiger charge is 2.26. The molecule has 1 N–H and O–H groups in total. The summed E-state index contributed by atoms with van der Waals surface area (Å²) >= 11 is 0. The van der Waals surface area contributed by atoms with Gasteiger partial charge in [-0.25, -0.2) is 12.8 Å². The van der Waals surface area contributed by atoms with Gasteiger partial charge in [-0.1, -0.05) is 0 Å². The maximum atomic E-state index is 12.9. The van der Waals surface area contributed by atoms with Crippen LogP contribution in [0.2, 0.25) is 0 Å². The van der Waals surface area contributed by atoms with Crippen LogP contribution in [0.1, 0.15) is 16.3 Å². The van der Waals surface area contributed by atoms with Gasteiger partial charge in [-0.15, -0.1) is 0 Å². The maximum absolute atomic E-state index is 12.9. The fourth-order valence-electron chi connectivity index (χ4n) is 3.10. The molecule has 10 heteroatoms. The number of nitrogens with one attached hydrogen (secondary N) is 1. The van der Waals surface area contributed by atoms with Crippen molar-refractivity contribution in [1.82, 2.24) is 4.31 Å². The van der Waals surface area contributed by atoms with Crippen LogP contribution >= 0.6 is 0 Å². The van der Waals surface area contributed by atoms with Gasteiger partial charge in [-0.05, 0) is 60.7 Å². The van der Waals surface area contributed by atoms with Crippen molar-refractivity contribution >= 4 is 21.6 Å². The third-order valence-electron chi connectivity index (χ3n) is 4.80. The second-order valence-electron chi connectivity index (χ2n) is 7.00. The summed E-state index contributed by atoms with van der Waals surface area (Å²) in [5.74, 6) is 0.128. The van der Waals surface area contributed by atoms with Crippen molar-refractivity contribution in [2.75, 3.05) is 31.6 Å². The Kier molecular flexibility index (Phi) is 6.54. The van der Waals surface area contributed by atoms with Gasteiger partial charge < -0.3 is 19.2 Å². The molecule has 0 unspecified atom stereocenters. The Morgan fingerprint density at radius 3 is 2.38 bits per heavy atom. The summed E-state index contributed by atoms with van der Waals surface area (Å²) in [7, 11) is -3.60. The Hall–Kier alpha value is -3.21. The van der Waals surface area contributed by atoms with Crippen LogP contribution in [0, 0.1) is 5.82 Å². The largest absolute Gasteiger partial charge is 0.486 e. The molecule has 2 heterocycles. The van der Waals surface area contributed by atoms with Gasteiger partial charge in [0.15, 0.2) is 5.76 Å². The number of amides is 1. The van der Waals surface area contributed by atoms with Gasteiger partial charge in [-0.2, -0.15) is 4.31 Å². The summed E-state index contributed by atoms with van der Waals surface area (Å²) in [6.07, 6.45) is 0. The van der Waals surface area contributed by atoms with Crippen molar-refractivity contribution in [3.63, 3.8) is 0 Å². The van der Waals surface area contributed by atoms with E-state index >= 15 is 0 Å². The number of carbonyl (C=O) groups is 1. The number of anilines is 1. The summed E-state index contributed by atoms with van der Waals surface area (Å²) in [5.41, 5.74) is 0.427. The van der Waals surface area contributed by atoms with Crippen LogP contribution in [0.25, 0.3) is 0 Å². The quantitative estimate of drug-likeness (QED) is 0.581. The highest BCUT2D eigenvalue weighted by Crippen LogP contribution is 2.20. The summed E-state index contributed by atoms with van der Waals surface area (Å²) < 4.78 is 55.8. The maximum Gasteiger partial charge on any atom is 0.291 e. The summed E-state index contributed by atoms with van der Waals surface area (Å²) in [4.78, 5) is 12.6. The minimum atomic E-state index is -3.60. The van der Waals surface area contributed by atoms with Gasteiger partial charge in [0, 0.05) is 18.8 Å². The average Bonchev–Trinajstić information content (AvgIpc) is 3.29. The standard InChI is InChI=1S/C22H21FN2O6S/c23-16-1-5-18(6-2-16)30-15-19-7-10-21(31-19)22(26)24-17-3-8-20(9-4-17)32(27,28)25-11-13-29-14-12-25/h1-10H,11-15H2,(H,24,26). The molecule has 0 radical (unpaired) electrons. The molecular weight excluding hydrogens is 439 g/mol. The smallest absolute Gasteiger partial charge is 0.291 e. The molecule has 2 aromatic carbocycles. The molecular formula is C22H21FN2O6S.